The first-order valence-electron chi connectivity index (χ1n) is 7.03. The second-order valence-corrected chi connectivity index (χ2v) is 5.29. The van der Waals surface area contributed by atoms with E-state index in [9.17, 15) is 4.79 Å². The van der Waals surface area contributed by atoms with Crippen molar-refractivity contribution in [2.45, 2.75) is 45.2 Å². The number of hydrazine groups is 1. The van der Waals surface area contributed by atoms with Gasteiger partial charge in [0.25, 0.3) is 5.91 Å². The van der Waals surface area contributed by atoms with Crippen LogP contribution in [0.1, 0.15) is 33.1 Å². The van der Waals surface area contributed by atoms with Crippen molar-refractivity contribution >= 4 is 11.6 Å². The van der Waals surface area contributed by atoms with Gasteiger partial charge in [-0.3, -0.25) is 10.2 Å². The number of carbonyl (C=O) groups excluding carboxylic acids is 1. The fraction of sp³-hybridized carbons (Fsp3) is 0.533. The van der Waals surface area contributed by atoms with Crippen LogP contribution in [0.25, 0.3) is 0 Å². The molecule has 1 heterocycles. The average molecular weight is 261 g/mol. The molecule has 1 fully saturated rings. The Hall–Kier alpha value is -1.55. The predicted octanol–water partition coefficient (Wildman–Crippen LogP) is 2.39. The molecule has 104 valence electrons. The normalized spacial score (nSPS) is 23.9. The van der Waals surface area contributed by atoms with Crippen molar-refractivity contribution in [3.05, 3.63) is 30.3 Å². The Kier molecular flexibility index (Phi) is 4.80. The zero-order valence-electron chi connectivity index (χ0n) is 11.7. The van der Waals surface area contributed by atoms with Gasteiger partial charge in [0, 0.05) is 17.8 Å². The number of amides is 1. The highest BCUT2D eigenvalue weighted by atomic mass is 16.2. The van der Waals surface area contributed by atoms with Crippen molar-refractivity contribution in [2.24, 2.45) is 0 Å². The number of benzene rings is 1. The molecule has 19 heavy (non-hydrogen) atoms. The fourth-order valence-electron chi connectivity index (χ4n) is 2.56. The molecule has 2 rings (SSSR count). The molecule has 1 aliphatic heterocycles. The third kappa shape index (κ3) is 3.96. The summed E-state index contributed by atoms with van der Waals surface area (Å²) in [5, 5.41) is 5.22. The summed E-state index contributed by atoms with van der Waals surface area (Å²) in [6.07, 6.45) is 3.55. The van der Waals surface area contributed by atoms with Crippen molar-refractivity contribution in [3.8, 4) is 0 Å². The maximum absolute atomic E-state index is 12.0. The summed E-state index contributed by atoms with van der Waals surface area (Å²) in [5.41, 5.74) is 3.99. The lowest BCUT2D eigenvalue weighted by atomic mass is 10.00. The predicted molar refractivity (Wildman–Crippen MR) is 77.7 cm³/mol. The van der Waals surface area contributed by atoms with Gasteiger partial charge >= 0.3 is 0 Å². The molecule has 4 heteroatoms. The summed E-state index contributed by atoms with van der Waals surface area (Å²) in [5.74, 6) is 0.0180. The van der Waals surface area contributed by atoms with Gasteiger partial charge in [0.05, 0.1) is 6.54 Å². The molecule has 4 nitrogen and oxygen atoms in total. The number of para-hydroxylation sites is 1. The second-order valence-electron chi connectivity index (χ2n) is 5.29. The molecule has 2 N–H and O–H groups in total. The van der Waals surface area contributed by atoms with Crippen molar-refractivity contribution in [3.63, 3.8) is 0 Å². The van der Waals surface area contributed by atoms with E-state index in [0.717, 1.165) is 18.5 Å². The van der Waals surface area contributed by atoms with Gasteiger partial charge in [-0.05, 0) is 38.8 Å². The fourth-order valence-corrected chi connectivity index (χ4v) is 2.56. The third-order valence-electron chi connectivity index (χ3n) is 3.67. The largest absolute Gasteiger partial charge is 0.376 e. The molecule has 0 aliphatic carbocycles. The number of rotatable bonds is 4. The van der Waals surface area contributed by atoms with Crippen LogP contribution in [0.15, 0.2) is 30.3 Å². The van der Waals surface area contributed by atoms with E-state index < -0.39 is 0 Å². The number of hydrogen-bond acceptors (Lipinski definition) is 3. The van der Waals surface area contributed by atoms with Crippen molar-refractivity contribution < 1.29 is 4.79 Å². The Morgan fingerprint density at radius 3 is 2.47 bits per heavy atom. The molecular weight excluding hydrogens is 238 g/mol. The molecular formula is C15H23N3O. The first kappa shape index (κ1) is 13.9. The van der Waals surface area contributed by atoms with Crippen LogP contribution in [0.3, 0.4) is 0 Å². The van der Waals surface area contributed by atoms with Crippen molar-refractivity contribution in [2.75, 3.05) is 11.9 Å². The minimum atomic E-state index is 0.0180. The smallest absolute Gasteiger partial charge is 0.253 e. The average Bonchev–Trinajstić information content (AvgIpc) is 2.42. The van der Waals surface area contributed by atoms with Crippen LogP contribution in [-0.4, -0.2) is 29.5 Å². The molecule has 1 saturated heterocycles. The van der Waals surface area contributed by atoms with Gasteiger partial charge in [0.2, 0.25) is 0 Å². The Labute approximate surface area is 115 Å². The van der Waals surface area contributed by atoms with E-state index in [2.05, 4.69) is 29.6 Å². The van der Waals surface area contributed by atoms with Gasteiger partial charge in [-0.15, -0.1) is 0 Å². The van der Waals surface area contributed by atoms with Crippen molar-refractivity contribution in [1.29, 1.82) is 0 Å². The maximum Gasteiger partial charge on any atom is 0.253 e. The zero-order valence-corrected chi connectivity index (χ0v) is 11.7. The summed E-state index contributed by atoms with van der Waals surface area (Å²) in [7, 11) is 0. The molecule has 2 unspecified atom stereocenters. The van der Waals surface area contributed by atoms with Crippen LogP contribution in [-0.2, 0) is 4.79 Å². The van der Waals surface area contributed by atoms with E-state index in [0.29, 0.717) is 18.6 Å². The van der Waals surface area contributed by atoms with Crippen LogP contribution >= 0.6 is 0 Å². The molecule has 2 atom stereocenters. The number of nitrogens with one attached hydrogen (secondary N) is 2. The summed E-state index contributed by atoms with van der Waals surface area (Å²) in [4.78, 5) is 12.0. The number of piperidine rings is 1. The number of nitrogens with zero attached hydrogens (tertiary/aromatic N) is 1. The second kappa shape index (κ2) is 6.57. The highest BCUT2D eigenvalue weighted by molar-refractivity contribution is 5.80. The molecule has 1 aromatic rings. The lowest BCUT2D eigenvalue weighted by Gasteiger charge is -2.38. The SMILES string of the molecule is CC1CCCC(C)N1NC(=O)CNc1ccccc1. The molecule has 0 saturated carbocycles. The van der Waals surface area contributed by atoms with Gasteiger partial charge < -0.3 is 5.32 Å². The van der Waals surface area contributed by atoms with Crippen molar-refractivity contribution in [1.82, 2.24) is 10.4 Å². The standard InChI is InChI=1S/C15H23N3O/c1-12-7-6-8-13(2)18(12)17-15(19)11-16-14-9-4-3-5-10-14/h3-5,9-10,12-13,16H,6-8,11H2,1-2H3,(H,17,19). The molecule has 0 aromatic heterocycles. The van der Waals surface area contributed by atoms with E-state index in [1.165, 1.54) is 6.42 Å². The van der Waals surface area contributed by atoms with Gasteiger partial charge in [-0.25, -0.2) is 5.01 Å². The van der Waals surface area contributed by atoms with Crippen LogP contribution in [0.4, 0.5) is 5.69 Å². The minimum Gasteiger partial charge on any atom is -0.376 e. The van der Waals surface area contributed by atoms with Crippen LogP contribution in [0, 0.1) is 0 Å². The van der Waals surface area contributed by atoms with E-state index in [1.54, 1.807) is 0 Å². The number of anilines is 1. The van der Waals surface area contributed by atoms with E-state index in [1.807, 2.05) is 30.3 Å². The van der Waals surface area contributed by atoms with Gasteiger partial charge in [-0.2, -0.15) is 0 Å². The topological polar surface area (TPSA) is 44.4 Å². The Morgan fingerprint density at radius 2 is 1.84 bits per heavy atom. The van der Waals surface area contributed by atoms with E-state index in [4.69, 9.17) is 0 Å². The molecule has 0 bridgehead atoms. The summed E-state index contributed by atoms with van der Waals surface area (Å²) < 4.78 is 0. The summed E-state index contributed by atoms with van der Waals surface area (Å²) in [6.45, 7) is 4.64. The van der Waals surface area contributed by atoms with Gasteiger partial charge in [0.15, 0.2) is 0 Å². The first-order chi connectivity index (χ1) is 9.16. The van der Waals surface area contributed by atoms with Gasteiger partial charge in [0.1, 0.15) is 0 Å². The minimum absolute atomic E-state index is 0.0180. The molecule has 1 amide bonds. The summed E-state index contributed by atoms with van der Waals surface area (Å²) >= 11 is 0. The maximum atomic E-state index is 12.0. The molecule has 0 spiro atoms. The number of hydrogen-bond donors (Lipinski definition) is 2. The van der Waals surface area contributed by atoms with Gasteiger partial charge in [-0.1, -0.05) is 24.6 Å². The summed E-state index contributed by atoms with van der Waals surface area (Å²) in [6, 6.07) is 10.6. The third-order valence-corrected chi connectivity index (χ3v) is 3.67. The molecule has 1 aromatic carbocycles. The monoisotopic (exact) mass is 261 g/mol. The lowest BCUT2D eigenvalue weighted by Crippen LogP contribution is -2.55. The first-order valence-corrected chi connectivity index (χ1v) is 7.03. The Bertz CT molecular complexity index is 397. The molecule has 1 aliphatic rings. The Balaban J connectivity index is 1.80. The highest BCUT2D eigenvalue weighted by Crippen LogP contribution is 2.20. The quantitative estimate of drug-likeness (QED) is 0.874. The lowest BCUT2D eigenvalue weighted by molar-refractivity contribution is -0.127. The zero-order chi connectivity index (χ0) is 13.7. The Morgan fingerprint density at radius 1 is 1.21 bits per heavy atom. The van der Waals surface area contributed by atoms with Crippen LogP contribution < -0.4 is 10.7 Å². The highest BCUT2D eigenvalue weighted by Gasteiger charge is 2.25. The van der Waals surface area contributed by atoms with E-state index in [-0.39, 0.29) is 5.91 Å². The molecule has 0 radical (unpaired) electrons. The van der Waals surface area contributed by atoms with Crippen LogP contribution in [0.5, 0.6) is 0 Å². The van der Waals surface area contributed by atoms with Crippen LogP contribution in [0.2, 0.25) is 0 Å². The number of carbonyl (C=O) groups is 1. The van der Waals surface area contributed by atoms with E-state index >= 15 is 0 Å².